The Hall–Kier alpha value is -2.63. The molecule has 2 aromatic carbocycles. The van der Waals surface area contributed by atoms with Crippen molar-refractivity contribution in [3.05, 3.63) is 88.2 Å². The highest BCUT2D eigenvalue weighted by Crippen LogP contribution is 2.34. The van der Waals surface area contributed by atoms with Gasteiger partial charge in [0.25, 0.3) is 5.91 Å². The van der Waals surface area contributed by atoms with Crippen molar-refractivity contribution in [3.63, 3.8) is 0 Å². The number of carbonyl (C=O) groups excluding carboxylic acids is 1. The Bertz CT molecular complexity index is 985. The molecule has 3 aromatic rings. The smallest absolute Gasteiger partial charge is 0.275 e. The van der Waals surface area contributed by atoms with Gasteiger partial charge in [0, 0.05) is 49.8 Å². The van der Waals surface area contributed by atoms with Crippen LogP contribution in [0, 0.1) is 0 Å². The second-order valence-corrected chi connectivity index (χ2v) is 7.30. The van der Waals surface area contributed by atoms with E-state index < -0.39 is 0 Å². The van der Waals surface area contributed by atoms with Crippen LogP contribution in [0.5, 0.6) is 0 Å². The molecule has 5 nitrogen and oxygen atoms in total. The average molecular weight is 395 g/mol. The van der Waals surface area contributed by atoms with Crippen molar-refractivity contribution in [2.24, 2.45) is 0 Å². The van der Waals surface area contributed by atoms with E-state index >= 15 is 0 Å². The van der Waals surface area contributed by atoms with Gasteiger partial charge in [-0.1, -0.05) is 54.6 Å². The van der Waals surface area contributed by atoms with Crippen LogP contribution in [0.2, 0.25) is 0 Å². The molecule has 2 aliphatic heterocycles. The van der Waals surface area contributed by atoms with Gasteiger partial charge in [-0.2, -0.15) is 5.10 Å². The van der Waals surface area contributed by atoms with Crippen LogP contribution in [-0.2, 0) is 19.5 Å². The molecular weight excluding hydrogens is 372 g/mol. The number of fused-ring (bicyclic) bond motifs is 2. The van der Waals surface area contributed by atoms with E-state index in [0.717, 1.165) is 24.2 Å². The molecule has 0 saturated heterocycles. The van der Waals surface area contributed by atoms with Crippen LogP contribution in [0.15, 0.2) is 54.6 Å². The Morgan fingerprint density at radius 2 is 1.86 bits per heavy atom. The molecule has 0 radical (unpaired) electrons. The lowest BCUT2D eigenvalue weighted by atomic mass is 9.84. The first-order chi connectivity index (χ1) is 13.3. The molecule has 1 aromatic heterocycles. The van der Waals surface area contributed by atoms with Crippen molar-refractivity contribution in [1.29, 1.82) is 0 Å². The van der Waals surface area contributed by atoms with Crippen LogP contribution in [0.4, 0.5) is 0 Å². The number of halogens is 1. The molecule has 1 atom stereocenters. The number of H-pyrrole nitrogens is 1. The quantitative estimate of drug-likeness (QED) is 0.701. The van der Waals surface area contributed by atoms with Crippen LogP contribution in [-0.4, -0.2) is 34.1 Å². The van der Waals surface area contributed by atoms with Crippen molar-refractivity contribution in [2.75, 3.05) is 13.1 Å². The molecular formula is C22H23ClN4O. The third-order valence-corrected chi connectivity index (χ3v) is 5.69. The molecule has 3 heterocycles. The lowest BCUT2D eigenvalue weighted by Gasteiger charge is -2.35. The van der Waals surface area contributed by atoms with Crippen molar-refractivity contribution in [2.45, 2.75) is 25.4 Å². The summed E-state index contributed by atoms with van der Waals surface area (Å²) in [5, 5.41) is 10.8. The summed E-state index contributed by atoms with van der Waals surface area (Å²) in [4.78, 5) is 15.3. The van der Waals surface area contributed by atoms with E-state index in [1.165, 1.54) is 16.7 Å². The molecule has 5 rings (SSSR count). The summed E-state index contributed by atoms with van der Waals surface area (Å²) in [7, 11) is 0. The third kappa shape index (κ3) is 3.21. The summed E-state index contributed by atoms with van der Waals surface area (Å²) in [6.45, 7) is 2.94. The van der Waals surface area contributed by atoms with E-state index in [2.05, 4.69) is 64.0 Å². The molecule has 1 amide bonds. The Morgan fingerprint density at radius 3 is 2.71 bits per heavy atom. The number of aromatic amines is 1. The molecule has 0 fully saturated rings. The van der Waals surface area contributed by atoms with E-state index in [0.29, 0.717) is 25.3 Å². The van der Waals surface area contributed by atoms with Crippen molar-refractivity contribution < 1.29 is 4.79 Å². The number of benzene rings is 2. The number of nitrogens with zero attached hydrogens (tertiary/aromatic N) is 2. The van der Waals surface area contributed by atoms with Gasteiger partial charge in [-0.25, -0.2) is 0 Å². The van der Waals surface area contributed by atoms with Crippen molar-refractivity contribution >= 4 is 18.3 Å². The lowest BCUT2D eigenvalue weighted by molar-refractivity contribution is 0.0717. The number of hydrogen-bond donors (Lipinski definition) is 2. The molecule has 6 heteroatoms. The Labute approximate surface area is 170 Å². The van der Waals surface area contributed by atoms with Gasteiger partial charge in [0.15, 0.2) is 5.69 Å². The Balaban J connectivity index is 0.00000192. The van der Waals surface area contributed by atoms with E-state index in [9.17, 15) is 4.79 Å². The average Bonchev–Trinajstić information content (AvgIpc) is 3.17. The van der Waals surface area contributed by atoms with Gasteiger partial charge in [-0.05, 0) is 16.7 Å². The van der Waals surface area contributed by atoms with Crippen molar-refractivity contribution in [1.82, 2.24) is 20.4 Å². The summed E-state index contributed by atoms with van der Waals surface area (Å²) in [5.41, 5.74) is 6.47. The minimum atomic E-state index is 0. The van der Waals surface area contributed by atoms with Gasteiger partial charge in [0.05, 0.1) is 0 Å². The number of rotatable bonds is 2. The van der Waals surface area contributed by atoms with Gasteiger partial charge in [-0.3, -0.25) is 9.89 Å². The van der Waals surface area contributed by atoms with Gasteiger partial charge >= 0.3 is 0 Å². The Kier molecular flexibility index (Phi) is 5.20. The fourth-order valence-corrected chi connectivity index (χ4v) is 4.28. The van der Waals surface area contributed by atoms with Crippen LogP contribution < -0.4 is 5.32 Å². The number of nitrogens with one attached hydrogen (secondary N) is 2. The van der Waals surface area contributed by atoms with Crippen molar-refractivity contribution in [3.8, 4) is 0 Å². The second-order valence-electron chi connectivity index (χ2n) is 7.30. The number of carbonyl (C=O) groups is 1. The fourth-order valence-electron chi connectivity index (χ4n) is 4.28. The first-order valence-electron chi connectivity index (χ1n) is 9.50. The minimum Gasteiger partial charge on any atom is -0.332 e. The highest BCUT2D eigenvalue weighted by atomic mass is 35.5. The number of amides is 1. The van der Waals surface area contributed by atoms with Gasteiger partial charge < -0.3 is 10.2 Å². The number of aromatic nitrogens is 2. The van der Waals surface area contributed by atoms with Crippen LogP contribution in [0.25, 0.3) is 0 Å². The zero-order chi connectivity index (χ0) is 18.2. The molecule has 28 heavy (non-hydrogen) atoms. The summed E-state index contributed by atoms with van der Waals surface area (Å²) in [5.74, 6) is 0.208. The summed E-state index contributed by atoms with van der Waals surface area (Å²) in [6, 6.07) is 18.9. The minimum absolute atomic E-state index is 0. The lowest BCUT2D eigenvalue weighted by Crippen LogP contribution is -2.39. The normalized spacial score (nSPS) is 18.0. The zero-order valence-electron chi connectivity index (χ0n) is 15.5. The molecule has 144 valence electrons. The maximum atomic E-state index is 13.3. The van der Waals surface area contributed by atoms with E-state index in [1.807, 2.05) is 11.0 Å². The van der Waals surface area contributed by atoms with Crippen LogP contribution >= 0.6 is 12.4 Å². The van der Waals surface area contributed by atoms with Crippen LogP contribution in [0.3, 0.4) is 0 Å². The highest BCUT2D eigenvalue weighted by molar-refractivity contribution is 5.94. The summed E-state index contributed by atoms with van der Waals surface area (Å²) in [6.07, 6.45) is 0.894. The first-order valence-corrected chi connectivity index (χ1v) is 9.50. The zero-order valence-corrected chi connectivity index (χ0v) is 16.3. The fraction of sp³-hybridized carbons (Fsp3) is 0.273. The van der Waals surface area contributed by atoms with Gasteiger partial charge in [0.2, 0.25) is 0 Å². The van der Waals surface area contributed by atoms with Crippen LogP contribution in [0.1, 0.15) is 44.4 Å². The van der Waals surface area contributed by atoms with E-state index in [4.69, 9.17) is 0 Å². The molecule has 0 bridgehead atoms. The summed E-state index contributed by atoms with van der Waals surface area (Å²) >= 11 is 0. The summed E-state index contributed by atoms with van der Waals surface area (Å²) < 4.78 is 0. The molecule has 0 spiro atoms. The number of hydrogen-bond acceptors (Lipinski definition) is 3. The monoisotopic (exact) mass is 394 g/mol. The molecule has 2 aliphatic rings. The van der Waals surface area contributed by atoms with E-state index in [-0.39, 0.29) is 24.2 Å². The topological polar surface area (TPSA) is 61.0 Å². The SMILES string of the molecule is Cl.O=C(c1n[nH]c2c1CNCC2)N1Cc2ccccc2C(c2ccccc2)C1. The standard InChI is InChI=1S/C22H22N4O.ClH/c27-22(21-18-12-23-11-10-20(18)24-25-21)26-13-16-8-4-5-9-17(16)19(14-26)15-6-2-1-3-7-15;/h1-9,19,23H,10-14H2,(H,24,25);1H. The predicted octanol–water partition coefficient (Wildman–Crippen LogP) is 3.27. The highest BCUT2D eigenvalue weighted by Gasteiger charge is 2.32. The Morgan fingerprint density at radius 1 is 1.07 bits per heavy atom. The maximum absolute atomic E-state index is 13.3. The molecule has 0 saturated carbocycles. The van der Waals surface area contributed by atoms with Gasteiger partial charge in [-0.15, -0.1) is 12.4 Å². The molecule has 0 aliphatic carbocycles. The molecule has 2 N–H and O–H groups in total. The largest absolute Gasteiger partial charge is 0.332 e. The predicted molar refractivity (Wildman–Crippen MR) is 111 cm³/mol. The maximum Gasteiger partial charge on any atom is 0.275 e. The van der Waals surface area contributed by atoms with Gasteiger partial charge in [0.1, 0.15) is 0 Å². The third-order valence-electron chi connectivity index (χ3n) is 5.69. The second kappa shape index (κ2) is 7.78. The van der Waals surface area contributed by atoms with E-state index in [1.54, 1.807) is 0 Å². The first kappa shape index (κ1) is 18.7. The molecule has 1 unspecified atom stereocenters.